The highest BCUT2D eigenvalue weighted by Crippen LogP contribution is 2.31. The number of nitrogen functional groups attached to an aromatic ring is 1. The average Bonchev–Trinajstić information content (AvgIpc) is 2.99. The van der Waals surface area contributed by atoms with Gasteiger partial charge in [-0.3, -0.25) is 0 Å². The van der Waals surface area contributed by atoms with Gasteiger partial charge in [-0.05, 0) is 23.8 Å². The van der Waals surface area contributed by atoms with Crippen molar-refractivity contribution in [3.63, 3.8) is 0 Å². The number of pyridine rings is 1. The van der Waals surface area contributed by atoms with Gasteiger partial charge in [0.05, 0.1) is 11.0 Å². The number of hydrogen-bond donors (Lipinski definition) is 1. The number of fused-ring (bicyclic) bond motifs is 3. The van der Waals surface area contributed by atoms with Crippen LogP contribution < -0.4 is 10.5 Å². The van der Waals surface area contributed by atoms with Crippen LogP contribution in [0, 0.1) is 0 Å². The molecule has 0 spiro atoms. The summed E-state index contributed by atoms with van der Waals surface area (Å²) in [7, 11) is 2.02. The van der Waals surface area contributed by atoms with Crippen LogP contribution in [-0.4, -0.2) is 14.5 Å². The maximum absolute atomic E-state index is 6.11. The number of rotatable bonds is 4. The predicted molar refractivity (Wildman–Crippen MR) is 101 cm³/mol. The lowest BCUT2D eigenvalue weighted by atomic mass is 10.1. The van der Waals surface area contributed by atoms with E-state index in [-0.39, 0.29) is 0 Å². The zero-order valence-electron chi connectivity index (χ0n) is 14.4. The van der Waals surface area contributed by atoms with E-state index in [0.717, 1.165) is 45.5 Å². The third-order valence-corrected chi connectivity index (χ3v) is 4.46. The first kappa shape index (κ1) is 15.4. The Morgan fingerprint density at radius 3 is 2.64 bits per heavy atom. The molecule has 2 aromatic carbocycles. The maximum Gasteiger partial charge on any atom is 0.152 e. The molecule has 0 fully saturated rings. The zero-order chi connectivity index (χ0) is 17.4. The molecule has 4 aromatic rings. The van der Waals surface area contributed by atoms with Crippen LogP contribution in [0.25, 0.3) is 21.9 Å². The van der Waals surface area contributed by atoms with Crippen molar-refractivity contribution < 1.29 is 4.74 Å². The van der Waals surface area contributed by atoms with Crippen LogP contribution in [0.15, 0.2) is 48.5 Å². The van der Waals surface area contributed by atoms with E-state index in [1.54, 1.807) is 0 Å². The Hall–Kier alpha value is -3.08. The number of aryl methyl sites for hydroxylation is 2. The molecule has 0 saturated carbocycles. The molecule has 25 heavy (non-hydrogen) atoms. The van der Waals surface area contributed by atoms with Crippen molar-refractivity contribution >= 4 is 27.8 Å². The molecule has 0 radical (unpaired) electrons. The molecule has 4 rings (SSSR count). The van der Waals surface area contributed by atoms with Crippen LogP contribution in [0.2, 0.25) is 0 Å². The fourth-order valence-corrected chi connectivity index (χ4v) is 3.16. The lowest BCUT2D eigenvalue weighted by Gasteiger charge is -2.09. The molecule has 5 heteroatoms. The van der Waals surface area contributed by atoms with E-state index in [1.807, 2.05) is 43.4 Å². The molecule has 0 aliphatic carbocycles. The summed E-state index contributed by atoms with van der Waals surface area (Å²) in [6, 6.07) is 16.0. The zero-order valence-corrected chi connectivity index (χ0v) is 14.4. The first-order chi connectivity index (χ1) is 12.2. The van der Waals surface area contributed by atoms with Crippen LogP contribution in [-0.2, 0) is 20.1 Å². The summed E-state index contributed by atoms with van der Waals surface area (Å²) in [5.74, 6) is 2.27. The lowest BCUT2D eigenvalue weighted by Crippen LogP contribution is -1.98. The van der Waals surface area contributed by atoms with E-state index in [1.165, 1.54) is 0 Å². The van der Waals surface area contributed by atoms with Gasteiger partial charge in [0.2, 0.25) is 0 Å². The Morgan fingerprint density at radius 2 is 1.88 bits per heavy atom. The molecule has 0 aliphatic rings. The number of ether oxygens (including phenoxy) is 1. The topological polar surface area (TPSA) is 66.0 Å². The van der Waals surface area contributed by atoms with Crippen LogP contribution in [0.3, 0.4) is 0 Å². The molecular formula is C20H20N4O. The Morgan fingerprint density at radius 1 is 1.08 bits per heavy atom. The summed E-state index contributed by atoms with van der Waals surface area (Å²) < 4.78 is 8.06. The maximum atomic E-state index is 6.11. The molecule has 2 heterocycles. The van der Waals surface area contributed by atoms with Crippen molar-refractivity contribution in [2.45, 2.75) is 20.0 Å². The third kappa shape index (κ3) is 2.67. The summed E-state index contributed by atoms with van der Waals surface area (Å²) >= 11 is 0. The van der Waals surface area contributed by atoms with Gasteiger partial charge in [-0.2, -0.15) is 0 Å². The Balaban J connectivity index is 1.80. The number of benzene rings is 2. The van der Waals surface area contributed by atoms with Crippen LogP contribution >= 0.6 is 0 Å². The number of imidazole rings is 1. The number of hydrogen-bond acceptors (Lipinski definition) is 4. The van der Waals surface area contributed by atoms with E-state index >= 15 is 0 Å². The average molecular weight is 332 g/mol. The summed E-state index contributed by atoms with van der Waals surface area (Å²) in [6.07, 6.45) is 0.844. The smallest absolute Gasteiger partial charge is 0.152 e. The second-order valence-electron chi connectivity index (χ2n) is 6.09. The van der Waals surface area contributed by atoms with Gasteiger partial charge in [-0.25, -0.2) is 9.97 Å². The fourth-order valence-electron chi connectivity index (χ4n) is 3.16. The van der Waals surface area contributed by atoms with E-state index in [2.05, 4.69) is 33.6 Å². The van der Waals surface area contributed by atoms with Crippen molar-refractivity contribution in [1.82, 2.24) is 14.5 Å². The molecule has 0 saturated heterocycles. The van der Waals surface area contributed by atoms with E-state index in [9.17, 15) is 0 Å². The summed E-state index contributed by atoms with van der Waals surface area (Å²) in [5.41, 5.74) is 9.86. The molecule has 2 N–H and O–H groups in total. The van der Waals surface area contributed by atoms with Gasteiger partial charge in [0.15, 0.2) is 5.82 Å². The molecule has 126 valence electrons. The molecule has 0 bridgehead atoms. The first-order valence-electron chi connectivity index (χ1n) is 8.38. The molecule has 2 aromatic heterocycles. The van der Waals surface area contributed by atoms with Crippen LogP contribution in [0.5, 0.6) is 5.75 Å². The van der Waals surface area contributed by atoms with Crippen molar-refractivity contribution in [3.8, 4) is 5.75 Å². The number of anilines is 1. The summed E-state index contributed by atoms with van der Waals surface area (Å²) in [5, 5.41) is 1.00. The molecule has 0 amide bonds. The SMILES string of the molecule is CCc1nc2c(N)nc3ccc(OCc4ccccc4)cc3c2n1C. The van der Waals surface area contributed by atoms with E-state index in [0.29, 0.717) is 12.4 Å². The predicted octanol–water partition coefficient (Wildman–Crippen LogP) is 3.85. The van der Waals surface area contributed by atoms with Crippen molar-refractivity contribution in [2.75, 3.05) is 5.73 Å². The third-order valence-electron chi connectivity index (χ3n) is 4.46. The lowest BCUT2D eigenvalue weighted by molar-refractivity contribution is 0.306. The Bertz CT molecular complexity index is 1050. The van der Waals surface area contributed by atoms with E-state index in [4.69, 9.17) is 10.5 Å². The molecule has 0 aliphatic heterocycles. The van der Waals surface area contributed by atoms with Gasteiger partial charge >= 0.3 is 0 Å². The number of aromatic nitrogens is 3. The Labute approximate surface area is 146 Å². The minimum atomic E-state index is 0.468. The molecule has 5 nitrogen and oxygen atoms in total. The van der Waals surface area contributed by atoms with Gasteiger partial charge in [0.1, 0.15) is 23.7 Å². The Kier molecular flexibility index (Phi) is 3.76. The van der Waals surface area contributed by atoms with Crippen molar-refractivity contribution in [2.24, 2.45) is 7.05 Å². The van der Waals surface area contributed by atoms with E-state index < -0.39 is 0 Å². The normalized spacial score (nSPS) is 11.3. The quantitative estimate of drug-likeness (QED) is 0.616. The van der Waals surface area contributed by atoms with Gasteiger partial charge in [-0.1, -0.05) is 37.3 Å². The van der Waals surface area contributed by atoms with Gasteiger partial charge in [-0.15, -0.1) is 0 Å². The van der Waals surface area contributed by atoms with Crippen molar-refractivity contribution in [1.29, 1.82) is 0 Å². The molecule has 0 unspecified atom stereocenters. The second kappa shape index (κ2) is 6.09. The highest BCUT2D eigenvalue weighted by Gasteiger charge is 2.15. The second-order valence-corrected chi connectivity index (χ2v) is 6.09. The fraction of sp³-hybridized carbons (Fsp3) is 0.200. The largest absolute Gasteiger partial charge is 0.489 e. The highest BCUT2D eigenvalue weighted by molar-refractivity contribution is 6.07. The van der Waals surface area contributed by atoms with Crippen molar-refractivity contribution in [3.05, 3.63) is 59.9 Å². The first-order valence-corrected chi connectivity index (χ1v) is 8.38. The minimum absolute atomic E-state index is 0.468. The number of nitrogens with two attached hydrogens (primary N) is 1. The molecular weight excluding hydrogens is 312 g/mol. The van der Waals surface area contributed by atoms with Gasteiger partial charge in [0.25, 0.3) is 0 Å². The van der Waals surface area contributed by atoms with Gasteiger partial charge in [0, 0.05) is 18.9 Å². The molecule has 0 atom stereocenters. The monoisotopic (exact) mass is 332 g/mol. The minimum Gasteiger partial charge on any atom is -0.489 e. The van der Waals surface area contributed by atoms with Crippen LogP contribution in [0.4, 0.5) is 5.82 Å². The van der Waals surface area contributed by atoms with Gasteiger partial charge < -0.3 is 15.0 Å². The van der Waals surface area contributed by atoms with Crippen LogP contribution in [0.1, 0.15) is 18.3 Å². The summed E-state index contributed by atoms with van der Waals surface area (Å²) in [6.45, 7) is 2.62. The highest BCUT2D eigenvalue weighted by atomic mass is 16.5. The standard InChI is InChI=1S/C20H20N4O/c1-3-17-23-18-19(24(17)2)15-11-14(9-10-16(15)22-20(18)21)25-12-13-7-5-4-6-8-13/h4-11H,3,12H2,1-2H3,(H2,21,22). The summed E-state index contributed by atoms with van der Waals surface area (Å²) in [4.78, 5) is 9.14. The number of nitrogens with zero attached hydrogens (tertiary/aromatic N) is 3.